The molecule has 82 valence electrons. The molecule has 0 spiro atoms. The summed E-state index contributed by atoms with van der Waals surface area (Å²) < 4.78 is 17.3. The second kappa shape index (κ2) is 5.66. The van der Waals surface area contributed by atoms with Gasteiger partial charge in [0.1, 0.15) is 12.4 Å². The first-order valence-electron chi connectivity index (χ1n) is 4.61. The molecule has 0 aliphatic heterocycles. The molecule has 4 heteroatoms. The van der Waals surface area contributed by atoms with E-state index < -0.39 is 5.97 Å². The summed E-state index contributed by atoms with van der Waals surface area (Å²) in [6, 6.07) is 7.59. The van der Waals surface area contributed by atoms with Crippen LogP contribution in [0.15, 0.2) is 29.8 Å². The highest BCUT2D eigenvalue weighted by Gasteiger charge is 1.99. The maximum atomic E-state index is 12.6. The van der Waals surface area contributed by atoms with Gasteiger partial charge in [0.25, 0.3) is 0 Å². The van der Waals surface area contributed by atoms with Crippen LogP contribution in [-0.4, -0.2) is 12.6 Å². The summed E-state index contributed by atoms with van der Waals surface area (Å²) in [6.07, 6.45) is 1.54. The number of nitriles is 1. The van der Waals surface area contributed by atoms with Crippen LogP contribution in [0, 0.1) is 17.1 Å². The van der Waals surface area contributed by atoms with Crippen molar-refractivity contribution < 1.29 is 13.9 Å². The molecular formula is C12H10FNO2. The van der Waals surface area contributed by atoms with Crippen LogP contribution in [0.4, 0.5) is 4.39 Å². The Balaban J connectivity index is 2.76. The van der Waals surface area contributed by atoms with E-state index in [1.54, 1.807) is 18.2 Å². The lowest BCUT2D eigenvalue weighted by molar-refractivity contribution is -0.139. The van der Waals surface area contributed by atoms with Gasteiger partial charge in [0.05, 0.1) is 11.6 Å². The normalized spacial score (nSPS) is 10.7. The van der Waals surface area contributed by atoms with Crippen molar-refractivity contribution in [3.8, 4) is 6.07 Å². The molecule has 0 saturated carbocycles. The number of nitrogens with zero attached hydrogens (tertiary/aromatic N) is 1. The van der Waals surface area contributed by atoms with Gasteiger partial charge in [0.15, 0.2) is 0 Å². The predicted molar refractivity (Wildman–Crippen MR) is 56.6 cm³/mol. The monoisotopic (exact) mass is 219 g/mol. The van der Waals surface area contributed by atoms with Gasteiger partial charge in [-0.2, -0.15) is 5.26 Å². The predicted octanol–water partition coefficient (Wildman–Crippen LogP) is 2.30. The van der Waals surface area contributed by atoms with E-state index in [0.717, 1.165) is 0 Å². The molecule has 1 rings (SSSR count). The molecular weight excluding hydrogens is 209 g/mol. The second-order valence-corrected chi connectivity index (χ2v) is 3.11. The topological polar surface area (TPSA) is 50.1 Å². The van der Waals surface area contributed by atoms with Crippen LogP contribution in [-0.2, 0) is 9.53 Å². The molecule has 0 saturated heterocycles. The molecule has 0 aromatic heterocycles. The number of esters is 1. The number of hydrogen-bond acceptors (Lipinski definition) is 3. The van der Waals surface area contributed by atoms with Crippen molar-refractivity contribution in [1.82, 2.24) is 0 Å². The first-order chi connectivity index (χ1) is 7.61. The van der Waals surface area contributed by atoms with Crippen molar-refractivity contribution in [1.29, 1.82) is 5.26 Å². The molecule has 0 atom stereocenters. The standard InChI is InChI=1S/C12H10FNO2/c1-9(15)16-8-11(7-14)6-10-2-4-12(13)5-3-10/h2-6H,8H2,1H3/b11-6+. The lowest BCUT2D eigenvalue weighted by Gasteiger charge is -2.00. The highest BCUT2D eigenvalue weighted by Crippen LogP contribution is 2.08. The quantitative estimate of drug-likeness (QED) is 0.579. The zero-order valence-electron chi connectivity index (χ0n) is 8.74. The highest BCUT2D eigenvalue weighted by atomic mass is 19.1. The minimum absolute atomic E-state index is 0.0663. The fourth-order valence-corrected chi connectivity index (χ4v) is 1.05. The lowest BCUT2D eigenvalue weighted by atomic mass is 10.1. The third-order valence-corrected chi connectivity index (χ3v) is 1.79. The number of rotatable bonds is 3. The van der Waals surface area contributed by atoms with Gasteiger partial charge in [0.2, 0.25) is 0 Å². The Morgan fingerprint density at radius 3 is 2.62 bits per heavy atom. The fourth-order valence-electron chi connectivity index (χ4n) is 1.05. The Hall–Kier alpha value is -2.15. The van der Waals surface area contributed by atoms with Crippen LogP contribution >= 0.6 is 0 Å². The number of hydrogen-bond donors (Lipinski definition) is 0. The Bertz CT molecular complexity index is 443. The van der Waals surface area contributed by atoms with E-state index in [0.29, 0.717) is 11.1 Å². The molecule has 0 heterocycles. The van der Waals surface area contributed by atoms with Crippen LogP contribution in [0.3, 0.4) is 0 Å². The Morgan fingerprint density at radius 2 is 2.12 bits per heavy atom. The van der Waals surface area contributed by atoms with Gasteiger partial charge in [-0.15, -0.1) is 0 Å². The highest BCUT2D eigenvalue weighted by molar-refractivity contribution is 5.67. The summed E-state index contributed by atoms with van der Waals surface area (Å²) in [5, 5.41) is 8.77. The maximum Gasteiger partial charge on any atom is 0.302 e. The van der Waals surface area contributed by atoms with Crippen LogP contribution in [0.1, 0.15) is 12.5 Å². The van der Waals surface area contributed by atoms with Crippen molar-refractivity contribution in [2.24, 2.45) is 0 Å². The maximum absolute atomic E-state index is 12.6. The summed E-state index contributed by atoms with van der Waals surface area (Å²) in [6.45, 7) is 1.20. The van der Waals surface area contributed by atoms with Crippen LogP contribution in [0.5, 0.6) is 0 Å². The van der Waals surface area contributed by atoms with E-state index in [1.807, 2.05) is 6.07 Å². The van der Waals surface area contributed by atoms with Gasteiger partial charge in [-0.25, -0.2) is 4.39 Å². The number of carbonyl (C=O) groups excluding carboxylic acids is 1. The number of halogens is 1. The second-order valence-electron chi connectivity index (χ2n) is 3.11. The van der Waals surface area contributed by atoms with Crippen molar-refractivity contribution >= 4 is 12.0 Å². The number of benzene rings is 1. The van der Waals surface area contributed by atoms with Gasteiger partial charge in [0, 0.05) is 6.92 Å². The van der Waals surface area contributed by atoms with Crippen molar-refractivity contribution in [3.05, 3.63) is 41.2 Å². The molecule has 0 N–H and O–H groups in total. The zero-order chi connectivity index (χ0) is 12.0. The minimum atomic E-state index is -0.444. The van der Waals surface area contributed by atoms with Crippen LogP contribution in [0.2, 0.25) is 0 Å². The van der Waals surface area contributed by atoms with Crippen molar-refractivity contribution in [2.45, 2.75) is 6.92 Å². The van der Waals surface area contributed by atoms with E-state index in [4.69, 9.17) is 5.26 Å². The fraction of sp³-hybridized carbons (Fsp3) is 0.167. The average molecular weight is 219 g/mol. The molecule has 1 aromatic carbocycles. The molecule has 0 aliphatic rings. The third-order valence-electron chi connectivity index (χ3n) is 1.79. The molecule has 1 aromatic rings. The molecule has 0 aliphatic carbocycles. The largest absolute Gasteiger partial charge is 0.460 e. The summed E-state index contributed by atoms with van der Waals surface area (Å²) >= 11 is 0. The van der Waals surface area contributed by atoms with E-state index in [-0.39, 0.29) is 12.4 Å². The molecule has 3 nitrogen and oxygen atoms in total. The van der Waals surface area contributed by atoms with E-state index in [9.17, 15) is 9.18 Å². The van der Waals surface area contributed by atoms with Crippen LogP contribution < -0.4 is 0 Å². The summed E-state index contributed by atoms with van der Waals surface area (Å²) in [4.78, 5) is 10.6. The molecule has 0 amide bonds. The summed E-state index contributed by atoms with van der Waals surface area (Å²) in [5.41, 5.74) is 0.993. The van der Waals surface area contributed by atoms with E-state index in [1.165, 1.54) is 19.1 Å². The van der Waals surface area contributed by atoms with Gasteiger partial charge in [-0.3, -0.25) is 4.79 Å². The lowest BCUT2D eigenvalue weighted by Crippen LogP contribution is -2.02. The minimum Gasteiger partial charge on any atom is -0.460 e. The number of ether oxygens (including phenoxy) is 1. The van der Waals surface area contributed by atoms with E-state index >= 15 is 0 Å². The molecule has 0 bridgehead atoms. The molecule has 16 heavy (non-hydrogen) atoms. The molecule has 0 radical (unpaired) electrons. The van der Waals surface area contributed by atoms with Gasteiger partial charge >= 0.3 is 5.97 Å². The molecule has 0 unspecified atom stereocenters. The third kappa shape index (κ3) is 3.93. The smallest absolute Gasteiger partial charge is 0.302 e. The Labute approximate surface area is 92.8 Å². The molecule has 0 fully saturated rings. The van der Waals surface area contributed by atoms with Gasteiger partial charge in [-0.05, 0) is 23.8 Å². The summed E-state index contributed by atoms with van der Waals surface area (Å²) in [7, 11) is 0. The summed E-state index contributed by atoms with van der Waals surface area (Å²) in [5.74, 6) is -0.782. The van der Waals surface area contributed by atoms with Crippen LogP contribution in [0.25, 0.3) is 6.08 Å². The average Bonchev–Trinajstić information content (AvgIpc) is 2.26. The Morgan fingerprint density at radius 1 is 1.50 bits per heavy atom. The first kappa shape index (κ1) is 11.9. The van der Waals surface area contributed by atoms with E-state index in [2.05, 4.69) is 4.74 Å². The Kier molecular flexibility index (Phi) is 4.22. The van der Waals surface area contributed by atoms with Gasteiger partial charge in [-0.1, -0.05) is 12.1 Å². The first-order valence-corrected chi connectivity index (χ1v) is 4.61. The SMILES string of the molecule is CC(=O)OC/C(C#N)=C/c1ccc(F)cc1. The zero-order valence-corrected chi connectivity index (χ0v) is 8.74. The van der Waals surface area contributed by atoms with Crippen molar-refractivity contribution in [3.63, 3.8) is 0 Å². The number of carbonyl (C=O) groups is 1. The van der Waals surface area contributed by atoms with Gasteiger partial charge < -0.3 is 4.74 Å². The van der Waals surface area contributed by atoms with Crippen molar-refractivity contribution in [2.75, 3.05) is 6.61 Å².